The first-order valence-electron chi connectivity index (χ1n) is 7.25. The molecule has 1 aliphatic heterocycles. The average Bonchev–Trinajstić information content (AvgIpc) is 2.82. The molecule has 0 bridgehead atoms. The van der Waals surface area contributed by atoms with E-state index >= 15 is 0 Å². The molecule has 3 atom stereocenters. The van der Waals surface area contributed by atoms with E-state index in [0.717, 1.165) is 25.5 Å². The van der Waals surface area contributed by atoms with Gasteiger partial charge in [0, 0.05) is 12.6 Å². The summed E-state index contributed by atoms with van der Waals surface area (Å²) in [5, 5.41) is 3.70. The van der Waals surface area contributed by atoms with Gasteiger partial charge in [-0.1, -0.05) is 31.2 Å². The summed E-state index contributed by atoms with van der Waals surface area (Å²) in [4.78, 5) is 0. The lowest BCUT2D eigenvalue weighted by Gasteiger charge is -2.27. The van der Waals surface area contributed by atoms with E-state index in [1.807, 2.05) is 0 Å². The molecule has 0 radical (unpaired) electrons. The summed E-state index contributed by atoms with van der Waals surface area (Å²) in [6.07, 6.45) is 5.35. The number of hydrogen-bond acceptors (Lipinski definition) is 2. The van der Waals surface area contributed by atoms with Crippen LogP contribution in [-0.4, -0.2) is 19.2 Å². The average molecular weight is 245 g/mol. The molecule has 0 spiro atoms. The number of rotatable bonds is 3. The van der Waals surface area contributed by atoms with Crippen LogP contribution in [0.3, 0.4) is 0 Å². The standard InChI is InChI=1S/C16H23NO/c1-12-6-7-14(10-12)17-11-16-15-5-3-2-4-13(15)8-9-18-16/h2-5,12,14,16-17H,6-11H2,1H3. The second kappa shape index (κ2) is 5.41. The Labute approximate surface area is 110 Å². The predicted octanol–water partition coefficient (Wildman–Crippen LogP) is 3.08. The lowest BCUT2D eigenvalue weighted by atomic mass is 9.97. The molecule has 98 valence electrons. The van der Waals surface area contributed by atoms with Gasteiger partial charge in [0.2, 0.25) is 0 Å². The van der Waals surface area contributed by atoms with E-state index in [9.17, 15) is 0 Å². The van der Waals surface area contributed by atoms with Gasteiger partial charge in [0.25, 0.3) is 0 Å². The van der Waals surface area contributed by atoms with Gasteiger partial charge in [-0.3, -0.25) is 0 Å². The van der Waals surface area contributed by atoms with E-state index in [1.165, 1.54) is 30.4 Å². The first-order chi connectivity index (χ1) is 8.83. The Bertz CT molecular complexity index is 404. The van der Waals surface area contributed by atoms with E-state index in [2.05, 4.69) is 36.5 Å². The minimum absolute atomic E-state index is 0.255. The molecule has 2 heteroatoms. The van der Waals surface area contributed by atoms with Crippen LogP contribution in [-0.2, 0) is 11.2 Å². The van der Waals surface area contributed by atoms with Crippen LogP contribution in [0.1, 0.15) is 43.4 Å². The normalized spacial score (nSPS) is 31.3. The molecular formula is C16H23NO. The summed E-state index contributed by atoms with van der Waals surface area (Å²) in [5.74, 6) is 0.891. The summed E-state index contributed by atoms with van der Waals surface area (Å²) in [5.41, 5.74) is 2.86. The van der Waals surface area contributed by atoms with Crippen molar-refractivity contribution in [3.63, 3.8) is 0 Å². The summed E-state index contributed by atoms with van der Waals surface area (Å²) >= 11 is 0. The molecule has 2 nitrogen and oxygen atoms in total. The van der Waals surface area contributed by atoms with Crippen molar-refractivity contribution < 1.29 is 4.74 Å². The lowest BCUT2D eigenvalue weighted by molar-refractivity contribution is 0.0407. The molecule has 0 amide bonds. The number of benzene rings is 1. The van der Waals surface area contributed by atoms with Crippen molar-refractivity contribution in [2.75, 3.05) is 13.2 Å². The number of fused-ring (bicyclic) bond motifs is 1. The zero-order valence-electron chi connectivity index (χ0n) is 11.2. The first kappa shape index (κ1) is 12.2. The van der Waals surface area contributed by atoms with Gasteiger partial charge < -0.3 is 10.1 Å². The van der Waals surface area contributed by atoms with Crippen molar-refractivity contribution >= 4 is 0 Å². The Hall–Kier alpha value is -0.860. The van der Waals surface area contributed by atoms with Gasteiger partial charge >= 0.3 is 0 Å². The van der Waals surface area contributed by atoms with E-state index in [0.29, 0.717) is 6.04 Å². The zero-order valence-corrected chi connectivity index (χ0v) is 11.2. The number of hydrogen-bond donors (Lipinski definition) is 1. The quantitative estimate of drug-likeness (QED) is 0.883. The summed E-state index contributed by atoms with van der Waals surface area (Å²) in [6.45, 7) is 4.19. The maximum absolute atomic E-state index is 5.93. The largest absolute Gasteiger partial charge is 0.372 e. The fourth-order valence-corrected chi connectivity index (χ4v) is 3.31. The summed E-state index contributed by atoms with van der Waals surface area (Å²) in [6, 6.07) is 9.42. The second-order valence-electron chi connectivity index (χ2n) is 5.83. The third-order valence-corrected chi connectivity index (χ3v) is 4.38. The summed E-state index contributed by atoms with van der Waals surface area (Å²) in [7, 11) is 0. The van der Waals surface area contributed by atoms with Gasteiger partial charge in [0.15, 0.2) is 0 Å². The van der Waals surface area contributed by atoms with Crippen molar-refractivity contribution in [1.82, 2.24) is 5.32 Å². The molecule has 1 aromatic rings. The van der Waals surface area contributed by atoms with Gasteiger partial charge in [-0.05, 0) is 42.7 Å². The van der Waals surface area contributed by atoms with Crippen LogP contribution >= 0.6 is 0 Å². The van der Waals surface area contributed by atoms with Crippen molar-refractivity contribution in [3.8, 4) is 0 Å². The van der Waals surface area contributed by atoms with Crippen LogP contribution in [0.5, 0.6) is 0 Å². The molecule has 2 aliphatic rings. The third-order valence-electron chi connectivity index (χ3n) is 4.38. The molecular weight excluding hydrogens is 222 g/mol. The Morgan fingerprint density at radius 2 is 2.17 bits per heavy atom. The molecule has 1 N–H and O–H groups in total. The minimum atomic E-state index is 0.255. The fraction of sp³-hybridized carbons (Fsp3) is 0.625. The van der Waals surface area contributed by atoms with Crippen molar-refractivity contribution in [3.05, 3.63) is 35.4 Å². The van der Waals surface area contributed by atoms with Crippen LogP contribution in [0.4, 0.5) is 0 Å². The maximum atomic E-state index is 5.93. The minimum Gasteiger partial charge on any atom is -0.372 e. The predicted molar refractivity (Wildman–Crippen MR) is 73.6 cm³/mol. The number of nitrogens with one attached hydrogen (secondary N) is 1. The molecule has 0 aromatic heterocycles. The van der Waals surface area contributed by atoms with Gasteiger partial charge in [-0.2, -0.15) is 0 Å². The highest BCUT2D eigenvalue weighted by molar-refractivity contribution is 5.31. The van der Waals surface area contributed by atoms with Crippen molar-refractivity contribution in [1.29, 1.82) is 0 Å². The smallest absolute Gasteiger partial charge is 0.0952 e. The van der Waals surface area contributed by atoms with Crippen LogP contribution in [0.25, 0.3) is 0 Å². The Morgan fingerprint density at radius 3 is 3.00 bits per heavy atom. The molecule has 3 unspecified atom stereocenters. The highest BCUT2D eigenvalue weighted by Gasteiger charge is 2.24. The second-order valence-corrected chi connectivity index (χ2v) is 5.83. The topological polar surface area (TPSA) is 21.3 Å². The molecule has 1 fully saturated rings. The van der Waals surface area contributed by atoms with Gasteiger partial charge in [0.05, 0.1) is 12.7 Å². The van der Waals surface area contributed by atoms with Crippen molar-refractivity contribution in [2.45, 2.75) is 44.8 Å². The highest BCUT2D eigenvalue weighted by Crippen LogP contribution is 2.28. The van der Waals surface area contributed by atoms with Gasteiger partial charge in [0.1, 0.15) is 0 Å². The molecule has 1 aromatic carbocycles. The first-order valence-corrected chi connectivity index (χ1v) is 7.25. The fourth-order valence-electron chi connectivity index (χ4n) is 3.31. The van der Waals surface area contributed by atoms with E-state index in [-0.39, 0.29) is 6.10 Å². The molecule has 3 rings (SSSR count). The number of ether oxygens (including phenoxy) is 1. The van der Waals surface area contributed by atoms with Gasteiger partial charge in [-0.25, -0.2) is 0 Å². The van der Waals surface area contributed by atoms with Crippen LogP contribution < -0.4 is 5.32 Å². The van der Waals surface area contributed by atoms with E-state index < -0.39 is 0 Å². The maximum Gasteiger partial charge on any atom is 0.0952 e. The molecule has 1 saturated carbocycles. The Balaban J connectivity index is 1.60. The van der Waals surface area contributed by atoms with Crippen molar-refractivity contribution in [2.24, 2.45) is 5.92 Å². The monoisotopic (exact) mass is 245 g/mol. The van der Waals surface area contributed by atoms with Crippen LogP contribution in [0, 0.1) is 5.92 Å². The SMILES string of the molecule is CC1CCC(NCC2OCCc3ccccc32)C1. The Kier molecular flexibility index (Phi) is 3.67. The molecule has 1 heterocycles. The van der Waals surface area contributed by atoms with E-state index in [1.54, 1.807) is 0 Å². The molecule has 0 saturated heterocycles. The summed E-state index contributed by atoms with van der Waals surface area (Å²) < 4.78 is 5.93. The Morgan fingerprint density at radius 1 is 1.28 bits per heavy atom. The lowest BCUT2D eigenvalue weighted by Crippen LogP contribution is -2.33. The molecule has 18 heavy (non-hydrogen) atoms. The molecule has 1 aliphatic carbocycles. The van der Waals surface area contributed by atoms with Crippen LogP contribution in [0.15, 0.2) is 24.3 Å². The third kappa shape index (κ3) is 2.60. The van der Waals surface area contributed by atoms with Gasteiger partial charge in [-0.15, -0.1) is 0 Å². The zero-order chi connectivity index (χ0) is 12.4. The van der Waals surface area contributed by atoms with E-state index in [4.69, 9.17) is 4.74 Å². The highest BCUT2D eigenvalue weighted by atomic mass is 16.5. The van der Waals surface area contributed by atoms with Crippen LogP contribution in [0.2, 0.25) is 0 Å².